The predicted molar refractivity (Wildman–Crippen MR) is 68.0 cm³/mol. The Balaban J connectivity index is 0.00000144. The van der Waals surface area contributed by atoms with Crippen molar-refractivity contribution in [3.05, 3.63) is 35.8 Å². The molecule has 0 radical (unpaired) electrons. The van der Waals surface area contributed by atoms with Gasteiger partial charge < -0.3 is 9.14 Å². The highest BCUT2D eigenvalue weighted by molar-refractivity contribution is 6.17. The largest absolute Gasteiger partial charge is 0.461 e. The second kappa shape index (κ2) is 5.89. The van der Waals surface area contributed by atoms with Crippen molar-refractivity contribution in [1.82, 2.24) is 9.38 Å². The molecule has 0 aliphatic heterocycles. The number of esters is 1. The van der Waals surface area contributed by atoms with Crippen molar-refractivity contribution in [2.75, 3.05) is 6.61 Å². The number of aromatic nitrogens is 2. The minimum Gasteiger partial charge on any atom is -0.461 e. The van der Waals surface area contributed by atoms with E-state index < -0.39 is 5.97 Å². The summed E-state index contributed by atoms with van der Waals surface area (Å²) in [7, 11) is 0. The SMILES string of the molecule is CCOC(=O)c1nc2ccccn2c1CCl.Cl. The first-order valence-electron chi connectivity index (χ1n) is 4.97. The third-order valence-corrected chi connectivity index (χ3v) is 2.48. The average molecular weight is 275 g/mol. The van der Waals surface area contributed by atoms with Crippen molar-refractivity contribution in [3.8, 4) is 0 Å². The molecule has 0 aliphatic rings. The van der Waals surface area contributed by atoms with Gasteiger partial charge in [0.05, 0.1) is 18.2 Å². The number of rotatable bonds is 3. The maximum absolute atomic E-state index is 11.6. The second-order valence-corrected chi connectivity index (χ2v) is 3.46. The van der Waals surface area contributed by atoms with Gasteiger partial charge in [-0.15, -0.1) is 24.0 Å². The molecule has 4 nitrogen and oxygen atoms in total. The van der Waals surface area contributed by atoms with Gasteiger partial charge in [0.2, 0.25) is 0 Å². The average Bonchev–Trinajstić information content (AvgIpc) is 2.67. The fourth-order valence-electron chi connectivity index (χ4n) is 1.54. The van der Waals surface area contributed by atoms with E-state index in [9.17, 15) is 4.79 Å². The lowest BCUT2D eigenvalue weighted by Crippen LogP contribution is -2.08. The van der Waals surface area contributed by atoms with Gasteiger partial charge >= 0.3 is 5.97 Å². The molecule has 6 heteroatoms. The summed E-state index contributed by atoms with van der Waals surface area (Å²) < 4.78 is 6.72. The van der Waals surface area contributed by atoms with E-state index in [1.54, 1.807) is 11.3 Å². The Hall–Kier alpha value is -1.26. The quantitative estimate of drug-likeness (QED) is 0.639. The first-order valence-corrected chi connectivity index (χ1v) is 5.50. The topological polar surface area (TPSA) is 43.6 Å². The van der Waals surface area contributed by atoms with Crippen LogP contribution in [0.3, 0.4) is 0 Å². The summed E-state index contributed by atoms with van der Waals surface area (Å²) in [4.78, 5) is 15.8. The monoisotopic (exact) mass is 274 g/mol. The third-order valence-electron chi connectivity index (χ3n) is 2.22. The molecule has 2 heterocycles. The number of nitrogens with zero attached hydrogens (tertiary/aromatic N) is 2. The van der Waals surface area contributed by atoms with Gasteiger partial charge in [0.15, 0.2) is 5.69 Å². The molecular formula is C11H12Cl2N2O2. The summed E-state index contributed by atoms with van der Waals surface area (Å²) >= 11 is 5.83. The van der Waals surface area contributed by atoms with E-state index in [0.717, 1.165) is 0 Å². The number of carbonyl (C=O) groups excluding carboxylic acids is 1. The predicted octanol–water partition coefficient (Wildman–Crippen LogP) is 2.67. The first kappa shape index (κ1) is 13.8. The molecule has 0 bridgehead atoms. The minimum absolute atomic E-state index is 0. The number of carbonyl (C=O) groups is 1. The Morgan fingerprint density at radius 1 is 1.53 bits per heavy atom. The number of fused-ring (bicyclic) bond motifs is 1. The molecule has 0 atom stereocenters. The van der Waals surface area contributed by atoms with Gasteiger partial charge in [0.1, 0.15) is 5.65 Å². The van der Waals surface area contributed by atoms with Crippen molar-refractivity contribution in [3.63, 3.8) is 0 Å². The number of ether oxygens (including phenoxy) is 1. The van der Waals surface area contributed by atoms with E-state index >= 15 is 0 Å². The Labute approximate surface area is 110 Å². The molecule has 0 spiro atoms. The van der Waals surface area contributed by atoms with Crippen LogP contribution >= 0.6 is 24.0 Å². The molecule has 2 rings (SSSR count). The molecule has 0 amide bonds. The van der Waals surface area contributed by atoms with Crippen LogP contribution in [0.25, 0.3) is 5.65 Å². The Bertz CT molecular complexity index is 525. The molecule has 92 valence electrons. The smallest absolute Gasteiger partial charge is 0.358 e. The van der Waals surface area contributed by atoms with Crippen molar-refractivity contribution < 1.29 is 9.53 Å². The lowest BCUT2D eigenvalue weighted by atomic mass is 10.3. The van der Waals surface area contributed by atoms with E-state index in [1.807, 2.05) is 24.4 Å². The molecule has 0 saturated heterocycles. The normalized spacial score (nSPS) is 10.0. The van der Waals surface area contributed by atoms with Gasteiger partial charge in [-0.25, -0.2) is 9.78 Å². The van der Waals surface area contributed by atoms with Gasteiger partial charge in [-0.05, 0) is 19.1 Å². The number of pyridine rings is 1. The van der Waals surface area contributed by atoms with Crippen LogP contribution in [-0.4, -0.2) is 22.0 Å². The Morgan fingerprint density at radius 2 is 2.29 bits per heavy atom. The summed E-state index contributed by atoms with van der Waals surface area (Å²) in [6, 6.07) is 5.54. The summed E-state index contributed by atoms with van der Waals surface area (Å²) in [5.41, 5.74) is 1.65. The molecule has 2 aromatic rings. The van der Waals surface area contributed by atoms with Crippen LogP contribution in [0.5, 0.6) is 0 Å². The van der Waals surface area contributed by atoms with Gasteiger partial charge in [0.25, 0.3) is 0 Å². The highest BCUT2D eigenvalue weighted by Crippen LogP contribution is 2.15. The van der Waals surface area contributed by atoms with Gasteiger partial charge in [-0.1, -0.05) is 6.07 Å². The van der Waals surface area contributed by atoms with Crippen LogP contribution in [0.15, 0.2) is 24.4 Å². The maximum atomic E-state index is 11.6. The van der Waals surface area contributed by atoms with E-state index in [2.05, 4.69) is 4.98 Å². The number of halogens is 2. The molecule has 0 unspecified atom stereocenters. The third kappa shape index (κ3) is 2.53. The summed E-state index contributed by atoms with van der Waals surface area (Å²) in [6.45, 7) is 2.09. The highest BCUT2D eigenvalue weighted by Gasteiger charge is 2.18. The Kier molecular flexibility index (Phi) is 4.78. The van der Waals surface area contributed by atoms with E-state index in [4.69, 9.17) is 16.3 Å². The second-order valence-electron chi connectivity index (χ2n) is 3.19. The number of hydrogen-bond acceptors (Lipinski definition) is 3. The zero-order chi connectivity index (χ0) is 11.5. The van der Waals surface area contributed by atoms with Crippen molar-refractivity contribution in [2.24, 2.45) is 0 Å². The van der Waals surface area contributed by atoms with Crippen LogP contribution in [0.4, 0.5) is 0 Å². The molecule has 2 aromatic heterocycles. The van der Waals surface area contributed by atoms with E-state index in [-0.39, 0.29) is 18.3 Å². The van der Waals surface area contributed by atoms with E-state index in [0.29, 0.717) is 23.6 Å². The minimum atomic E-state index is -0.429. The number of alkyl halides is 1. The van der Waals surface area contributed by atoms with Crippen LogP contribution < -0.4 is 0 Å². The fourth-order valence-corrected chi connectivity index (χ4v) is 1.79. The zero-order valence-corrected chi connectivity index (χ0v) is 10.8. The number of imidazole rings is 1. The zero-order valence-electron chi connectivity index (χ0n) is 9.22. The fraction of sp³-hybridized carbons (Fsp3) is 0.273. The van der Waals surface area contributed by atoms with E-state index in [1.165, 1.54) is 0 Å². The molecule has 0 aromatic carbocycles. The maximum Gasteiger partial charge on any atom is 0.358 e. The molecule has 0 saturated carbocycles. The van der Waals surface area contributed by atoms with Crippen molar-refractivity contribution in [2.45, 2.75) is 12.8 Å². The van der Waals surface area contributed by atoms with Crippen molar-refractivity contribution >= 4 is 35.6 Å². The molecule has 0 aliphatic carbocycles. The van der Waals surface area contributed by atoms with Crippen LogP contribution in [0.2, 0.25) is 0 Å². The van der Waals surface area contributed by atoms with Crippen LogP contribution in [0.1, 0.15) is 23.1 Å². The van der Waals surface area contributed by atoms with Gasteiger partial charge in [-0.2, -0.15) is 0 Å². The molecule has 0 N–H and O–H groups in total. The lowest BCUT2D eigenvalue weighted by Gasteiger charge is -2.00. The highest BCUT2D eigenvalue weighted by atomic mass is 35.5. The van der Waals surface area contributed by atoms with Crippen molar-refractivity contribution in [1.29, 1.82) is 0 Å². The molecular weight excluding hydrogens is 263 g/mol. The summed E-state index contributed by atoms with van der Waals surface area (Å²) in [6.07, 6.45) is 1.82. The van der Waals surface area contributed by atoms with Crippen LogP contribution in [-0.2, 0) is 10.6 Å². The van der Waals surface area contributed by atoms with Gasteiger partial charge in [-0.3, -0.25) is 0 Å². The molecule has 17 heavy (non-hydrogen) atoms. The molecule has 0 fully saturated rings. The lowest BCUT2D eigenvalue weighted by molar-refractivity contribution is 0.0519. The standard InChI is InChI=1S/C11H11ClN2O2.ClH/c1-2-16-11(15)10-8(7-12)14-6-4-3-5-9(14)13-10;/h3-6H,2,7H2,1H3;1H. The first-order chi connectivity index (χ1) is 7.77. The number of hydrogen-bond donors (Lipinski definition) is 0. The van der Waals surface area contributed by atoms with Crippen LogP contribution in [0, 0.1) is 0 Å². The summed E-state index contributed by atoms with van der Waals surface area (Å²) in [5.74, 6) is -0.207. The summed E-state index contributed by atoms with van der Waals surface area (Å²) in [5, 5.41) is 0. The Morgan fingerprint density at radius 3 is 2.94 bits per heavy atom. The van der Waals surface area contributed by atoms with Gasteiger partial charge in [0, 0.05) is 6.20 Å².